The van der Waals surface area contributed by atoms with E-state index in [1.54, 1.807) is 0 Å². The van der Waals surface area contributed by atoms with Crippen molar-refractivity contribution in [2.24, 2.45) is 0 Å². The molecule has 11 aromatic rings. The molecule has 0 aliphatic heterocycles. The molecule has 0 saturated heterocycles. The van der Waals surface area contributed by atoms with Crippen molar-refractivity contribution in [3.8, 4) is 67.3 Å². The third kappa shape index (κ3) is 5.85. The summed E-state index contributed by atoms with van der Waals surface area (Å²) in [7, 11) is 0. The van der Waals surface area contributed by atoms with Gasteiger partial charge in [0.25, 0.3) is 0 Å². The number of hydrogen-bond acceptors (Lipinski definition) is 3. The highest BCUT2D eigenvalue weighted by Gasteiger charge is 2.46. The van der Waals surface area contributed by atoms with Crippen LogP contribution >= 0.6 is 11.3 Å². The first-order valence-corrected chi connectivity index (χ1v) is 22.0. The maximum atomic E-state index is 5.37. The smallest absolute Gasteiger partial charge is 0.160 e. The fraction of sp³-hybridized carbons (Fsp3) is 0.0169. The Kier molecular flexibility index (Phi) is 8.62. The number of hydrogen-bond donors (Lipinski definition) is 0. The van der Waals surface area contributed by atoms with Crippen LogP contribution < -0.4 is 0 Å². The summed E-state index contributed by atoms with van der Waals surface area (Å²) in [6.45, 7) is 0. The van der Waals surface area contributed by atoms with Crippen LogP contribution in [0, 0.1) is 0 Å². The van der Waals surface area contributed by atoms with Gasteiger partial charge in [-0.05, 0) is 86.0 Å². The topological polar surface area (TPSA) is 25.8 Å². The molecule has 0 spiro atoms. The highest BCUT2D eigenvalue weighted by molar-refractivity contribution is 7.25. The van der Waals surface area contributed by atoms with Crippen molar-refractivity contribution in [2.45, 2.75) is 5.41 Å². The molecule has 2 heterocycles. The summed E-state index contributed by atoms with van der Waals surface area (Å²) >= 11 is 1.86. The third-order valence-corrected chi connectivity index (χ3v) is 13.8. The number of fused-ring (bicyclic) bond motifs is 6. The maximum absolute atomic E-state index is 5.37. The number of rotatable bonds is 7. The predicted octanol–water partition coefficient (Wildman–Crippen LogP) is 15.5. The van der Waals surface area contributed by atoms with E-state index in [4.69, 9.17) is 9.97 Å². The zero-order valence-corrected chi connectivity index (χ0v) is 34.6. The zero-order chi connectivity index (χ0) is 41.0. The highest BCUT2D eigenvalue weighted by atomic mass is 32.1. The van der Waals surface area contributed by atoms with Gasteiger partial charge in [-0.2, -0.15) is 0 Å². The Balaban J connectivity index is 0.978. The molecule has 0 unspecified atom stereocenters. The minimum absolute atomic E-state index is 0.499. The number of aromatic nitrogens is 2. The first-order chi connectivity index (χ1) is 30.7. The molecule has 0 bridgehead atoms. The lowest BCUT2D eigenvalue weighted by atomic mass is 9.67. The largest absolute Gasteiger partial charge is 0.228 e. The molecule has 2 nitrogen and oxygen atoms in total. The van der Waals surface area contributed by atoms with Gasteiger partial charge in [-0.15, -0.1) is 11.3 Å². The Morgan fingerprint density at radius 3 is 1.63 bits per heavy atom. The van der Waals surface area contributed by atoms with Crippen LogP contribution in [0.3, 0.4) is 0 Å². The van der Waals surface area contributed by atoms with Crippen molar-refractivity contribution in [3.05, 3.63) is 253 Å². The lowest BCUT2D eigenvalue weighted by Crippen LogP contribution is -2.28. The minimum Gasteiger partial charge on any atom is -0.228 e. The van der Waals surface area contributed by atoms with Crippen LogP contribution in [0.1, 0.15) is 22.3 Å². The van der Waals surface area contributed by atoms with Crippen LogP contribution in [0.5, 0.6) is 0 Å². The molecule has 0 saturated carbocycles. The van der Waals surface area contributed by atoms with Crippen LogP contribution in [-0.2, 0) is 5.41 Å². The summed E-state index contributed by atoms with van der Waals surface area (Å²) in [5.41, 5.74) is 16.6. The lowest BCUT2D eigenvalue weighted by Gasteiger charge is -2.33. The summed E-state index contributed by atoms with van der Waals surface area (Å²) in [4.78, 5) is 10.6. The first kappa shape index (κ1) is 36.2. The van der Waals surface area contributed by atoms with Crippen LogP contribution in [0.4, 0.5) is 0 Å². The van der Waals surface area contributed by atoms with Gasteiger partial charge in [-0.3, -0.25) is 0 Å². The van der Waals surface area contributed by atoms with Crippen LogP contribution in [0.2, 0.25) is 0 Å². The van der Waals surface area contributed by atoms with E-state index in [1.807, 2.05) is 17.4 Å². The lowest BCUT2D eigenvalue weighted by molar-refractivity contribution is 0.768. The third-order valence-electron chi connectivity index (χ3n) is 12.6. The highest BCUT2D eigenvalue weighted by Crippen LogP contribution is 2.58. The van der Waals surface area contributed by atoms with Crippen molar-refractivity contribution in [1.82, 2.24) is 9.97 Å². The monoisotopic (exact) mass is 806 g/mol. The molecule has 290 valence electrons. The van der Waals surface area contributed by atoms with Gasteiger partial charge in [0.1, 0.15) is 0 Å². The molecule has 0 fully saturated rings. The summed E-state index contributed by atoms with van der Waals surface area (Å²) in [5, 5.41) is 2.63. The molecular formula is C59H38N2S. The molecule has 12 rings (SSSR count). The van der Waals surface area contributed by atoms with E-state index in [-0.39, 0.29) is 0 Å². The molecule has 3 heteroatoms. The molecule has 1 aliphatic carbocycles. The Labute approximate surface area is 365 Å². The van der Waals surface area contributed by atoms with E-state index in [2.05, 4.69) is 224 Å². The molecular weight excluding hydrogens is 769 g/mol. The Morgan fingerprint density at radius 2 is 0.855 bits per heavy atom. The summed E-state index contributed by atoms with van der Waals surface area (Å²) < 4.78 is 2.64. The molecule has 0 atom stereocenters. The van der Waals surface area contributed by atoms with E-state index in [1.165, 1.54) is 70.2 Å². The number of thiophene rings is 1. The fourth-order valence-electron chi connectivity index (χ4n) is 9.77. The zero-order valence-electron chi connectivity index (χ0n) is 33.7. The average Bonchev–Trinajstić information content (AvgIpc) is 3.88. The van der Waals surface area contributed by atoms with E-state index in [9.17, 15) is 0 Å². The van der Waals surface area contributed by atoms with Crippen LogP contribution in [-0.4, -0.2) is 9.97 Å². The molecule has 1 aliphatic rings. The standard InChI is InChI=1S/C59H38N2S/c1-4-16-41(17-5-1)58-60-53(40-32-30-39(31-33-40)42-18-14-19-43(36-42)44-34-35-56-50(37-44)47-24-11-13-29-55(47)62-56)38-54(61-58)49-26-15-28-52-57(49)48-25-10-12-27-51(48)59(52,45-20-6-2-7-21-45)46-22-8-3-9-23-46/h1-38H. The van der Waals surface area contributed by atoms with Crippen molar-refractivity contribution in [2.75, 3.05) is 0 Å². The maximum Gasteiger partial charge on any atom is 0.160 e. The fourth-order valence-corrected chi connectivity index (χ4v) is 10.9. The van der Waals surface area contributed by atoms with Crippen LogP contribution in [0.15, 0.2) is 231 Å². The Morgan fingerprint density at radius 1 is 0.323 bits per heavy atom. The van der Waals surface area contributed by atoms with Gasteiger partial charge in [0, 0.05) is 36.9 Å². The molecule has 0 radical (unpaired) electrons. The first-order valence-electron chi connectivity index (χ1n) is 21.1. The van der Waals surface area contributed by atoms with E-state index in [0.717, 1.165) is 33.6 Å². The molecule has 9 aromatic carbocycles. The van der Waals surface area contributed by atoms with Crippen molar-refractivity contribution >= 4 is 31.5 Å². The Bertz CT molecular complexity index is 3400. The summed E-state index contributed by atoms with van der Waals surface area (Å²) in [6.07, 6.45) is 0. The van der Waals surface area contributed by atoms with Crippen molar-refractivity contribution < 1.29 is 0 Å². The second-order valence-electron chi connectivity index (χ2n) is 16.1. The quantitative estimate of drug-likeness (QED) is 0.160. The van der Waals surface area contributed by atoms with E-state index < -0.39 is 5.41 Å². The summed E-state index contributed by atoms with van der Waals surface area (Å²) in [5.74, 6) is 0.700. The van der Waals surface area contributed by atoms with E-state index in [0.29, 0.717) is 5.82 Å². The molecule has 62 heavy (non-hydrogen) atoms. The van der Waals surface area contributed by atoms with Gasteiger partial charge >= 0.3 is 0 Å². The van der Waals surface area contributed by atoms with Gasteiger partial charge in [-0.1, -0.05) is 200 Å². The minimum atomic E-state index is -0.499. The molecule has 0 amide bonds. The second-order valence-corrected chi connectivity index (χ2v) is 17.1. The number of nitrogens with zero attached hydrogens (tertiary/aromatic N) is 2. The van der Waals surface area contributed by atoms with Gasteiger partial charge in [0.2, 0.25) is 0 Å². The summed E-state index contributed by atoms with van der Waals surface area (Å²) in [6, 6.07) is 83.4. The number of benzene rings is 9. The van der Waals surface area contributed by atoms with Gasteiger partial charge in [-0.25, -0.2) is 9.97 Å². The normalized spacial score (nSPS) is 12.6. The average molecular weight is 807 g/mol. The van der Waals surface area contributed by atoms with E-state index >= 15 is 0 Å². The van der Waals surface area contributed by atoms with Crippen LogP contribution in [0.25, 0.3) is 87.5 Å². The molecule has 2 aromatic heterocycles. The van der Waals surface area contributed by atoms with Gasteiger partial charge < -0.3 is 0 Å². The van der Waals surface area contributed by atoms with Gasteiger partial charge in [0.05, 0.1) is 16.8 Å². The van der Waals surface area contributed by atoms with Gasteiger partial charge in [0.15, 0.2) is 5.82 Å². The molecule has 0 N–H and O–H groups in total. The Hall–Kier alpha value is -7.72. The SMILES string of the molecule is c1ccc(-c2nc(-c3ccc(-c4cccc(-c5ccc6sc7ccccc7c6c5)c4)cc3)cc(-c3cccc4c3-c3ccccc3C4(c3ccccc3)c3ccccc3)n2)cc1. The second kappa shape index (κ2) is 14.8. The predicted molar refractivity (Wildman–Crippen MR) is 259 cm³/mol. The van der Waals surface area contributed by atoms with Crippen molar-refractivity contribution in [3.63, 3.8) is 0 Å². The van der Waals surface area contributed by atoms with Crippen molar-refractivity contribution in [1.29, 1.82) is 0 Å².